The maximum atomic E-state index is 11.6. The van der Waals surface area contributed by atoms with E-state index in [1.807, 2.05) is 0 Å². The molecule has 18 heavy (non-hydrogen) atoms. The summed E-state index contributed by atoms with van der Waals surface area (Å²) in [5.41, 5.74) is 0.983. The molecule has 0 unspecified atom stereocenters. The van der Waals surface area contributed by atoms with Gasteiger partial charge in [-0.25, -0.2) is 13.1 Å². The van der Waals surface area contributed by atoms with Crippen LogP contribution < -0.4 is 4.72 Å². The minimum atomic E-state index is -3.19. The minimum absolute atomic E-state index is 0.120. The SMILES string of the molecule is O=S(=O)(CCCCCl)NCCc1ccc(O)cc1. The van der Waals surface area contributed by atoms with Crippen molar-refractivity contribution in [1.29, 1.82) is 0 Å². The first-order valence-electron chi connectivity index (χ1n) is 5.85. The third-order valence-electron chi connectivity index (χ3n) is 2.47. The van der Waals surface area contributed by atoms with Gasteiger partial charge in [0.1, 0.15) is 5.75 Å². The molecule has 0 bridgehead atoms. The van der Waals surface area contributed by atoms with Gasteiger partial charge >= 0.3 is 0 Å². The summed E-state index contributed by atoms with van der Waals surface area (Å²) >= 11 is 5.49. The number of hydrogen-bond donors (Lipinski definition) is 2. The third kappa shape index (κ3) is 6.23. The van der Waals surface area contributed by atoms with Crippen molar-refractivity contribution in [2.75, 3.05) is 18.2 Å². The van der Waals surface area contributed by atoms with Gasteiger partial charge in [0.05, 0.1) is 5.75 Å². The van der Waals surface area contributed by atoms with Gasteiger partial charge in [0.25, 0.3) is 0 Å². The van der Waals surface area contributed by atoms with Crippen molar-refractivity contribution in [3.8, 4) is 5.75 Å². The van der Waals surface area contributed by atoms with Crippen molar-refractivity contribution in [3.05, 3.63) is 29.8 Å². The lowest BCUT2D eigenvalue weighted by molar-refractivity contribution is 0.475. The summed E-state index contributed by atoms with van der Waals surface area (Å²) in [6.07, 6.45) is 1.90. The van der Waals surface area contributed by atoms with Gasteiger partial charge in [0.15, 0.2) is 0 Å². The van der Waals surface area contributed by atoms with E-state index in [1.54, 1.807) is 24.3 Å². The second-order valence-corrected chi connectivity index (χ2v) is 6.33. The third-order valence-corrected chi connectivity index (χ3v) is 4.21. The second kappa shape index (κ2) is 7.61. The summed E-state index contributed by atoms with van der Waals surface area (Å²) in [5.74, 6) is 0.818. The Balaban J connectivity index is 2.30. The van der Waals surface area contributed by atoms with E-state index in [9.17, 15) is 8.42 Å². The summed E-state index contributed by atoms with van der Waals surface area (Å²) in [7, 11) is -3.19. The molecule has 102 valence electrons. The quantitative estimate of drug-likeness (QED) is 0.568. The van der Waals surface area contributed by atoms with E-state index in [0.29, 0.717) is 31.7 Å². The molecule has 0 fully saturated rings. The van der Waals surface area contributed by atoms with Gasteiger partial charge in [0.2, 0.25) is 10.0 Å². The summed E-state index contributed by atoms with van der Waals surface area (Å²) in [5, 5.41) is 9.11. The first-order chi connectivity index (χ1) is 8.53. The molecule has 0 saturated heterocycles. The Morgan fingerprint density at radius 1 is 1.17 bits per heavy atom. The first-order valence-corrected chi connectivity index (χ1v) is 8.03. The zero-order valence-electron chi connectivity index (χ0n) is 10.1. The zero-order valence-corrected chi connectivity index (χ0v) is 11.7. The number of sulfonamides is 1. The molecular weight excluding hydrogens is 274 g/mol. The Morgan fingerprint density at radius 2 is 1.83 bits per heavy atom. The number of halogens is 1. The largest absolute Gasteiger partial charge is 0.508 e. The Hall–Kier alpha value is -0.780. The highest BCUT2D eigenvalue weighted by atomic mass is 35.5. The summed E-state index contributed by atoms with van der Waals surface area (Å²) < 4.78 is 25.7. The van der Waals surface area contributed by atoms with Gasteiger partial charge in [-0.1, -0.05) is 12.1 Å². The topological polar surface area (TPSA) is 66.4 Å². The Morgan fingerprint density at radius 3 is 2.44 bits per heavy atom. The Bertz CT molecular complexity index is 445. The van der Waals surface area contributed by atoms with Crippen LogP contribution in [0.2, 0.25) is 0 Å². The standard InChI is InChI=1S/C12H18ClNO3S/c13-8-1-2-10-18(16,17)14-9-7-11-3-5-12(15)6-4-11/h3-6,14-15H,1-2,7-10H2. The molecule has 1 rings (SSSR count). The molecule has 1 aromatic rings. The maximum Gasteiger partial charge on any atom is 0.211 e. The number of hydrogen-bond acceptors (Lipinski definition) is 3. The van der Waals surface area contributed by atoms with Gasteiger partial charge in [-0.3, -0.25) is 0 Å². The predicted molar refractivity (Wildman–Crippen MR) is 73.6 cm³/mol. The van der Waals surface area contributed by atoms with Gasteiger partial charge in [-0.15, -0.1) is 11.6 Å². The molecule has 0 atom stereocenters. The van der Waals surface area contributed by atoms with Crippen molar-refractivity contribution in [2.45, 2.75) is 19.3 Å². The number of rotatable bonds is 8. The van der Waals surface area contributed by atoms with Crippen molar-refractivity contribution in [2.24, 2.45) is 0 Å². The van der Waals surface area contributed by atoms with Crippen LogP contribution in [-0.4, -0.2) is 31.7 Å². The first kappa shape index (κ1) is 15.3. The van der Waals surface area contributed by atoms with E-state index in [0.717, 1.165) is 5.56 Å². The molecule has 0 aliphatic carbocycles. The van der Waals surface area contributed by atoms with Crippen LogP contribution in [0.25, 0.3) is 0 Å². The fourth-order valence-electron chi connectivity index (χ4n) is 1.47. The zero-order chi connectivity index (χ0) is 13.4. The highest BCUT2D eigenvalue weighted by Gasteiger charge is 2.08. The highest BCUT2D eigenvalue weighted by molar-refractivity contribution is 7.89. The smallest absolute Gasteiger partial charge is 0.211 e. The summed E-state index contributed by atoms with van der Waals surface area (Å²) in [6, 6.07) is 6.73. The van der Waals surface area contributed by atoms with Crippen LogP contribution in [0.15, 0.2) is 24.3 Å². The molecular formula is C12H18ClNO3S. The molecule has 2 N–H and O–H groups in total. The summed E-state index contributed by atoms with van der Waals surface area (Å²) in [4.78, 5) is 0. The van der Waals surface area contributed by atoms with Crippen LogP contribution in [0, 0.1) is 0 Å². The van der Waals surface area contributed by atoms with E-state index < -0.39 is 10.0 Å². The van der Waals surface area contributed by atoms with Gasteiger partial charge < -0.3 is 5.11 Å². The minimum Gasteiger partial charge on any atom is -0.508 e. The van der Waals surface area contributed by atoms with E-state index in [4.69, 9.17) is 16.7 Å². The van der Waals surface area contributed by atoms with Crippen molar-refractivity contribution in [1.82, 2.24) is 4.72 Å². The lowest BCUT2D eigenvalue weighted by Crippen LogP contribution is -2.28. The fraction of sp³-hybridized carbons (Fsp3) is 0.500. The van der Waals surface area contributed by atoms with Crippen LogP contribution in [-0.2, 0) is 16.4 Å². The lowest BCUT2D eigenvalue weighted by Gasteiger charge is -2.06. The average Bonchev–Trinajstić information content (AvgIpc) is 2.32. The molecule has 0 radical (unpaired) electrons. The molecule has 0 aromatic heterocycles. The molecule has 0 aliphatic rings. The normalized spacial score (nSPS) is 11.6. The number of nitrogens with one attached hydrogen (secondary N) is 1. The van der Waals surface area contributed by atoms with E-state index in [2.05, 4.69) is 4.72 Å². The molecule has 6 heteroatoms. The number of aromatic hydroxyl groups is 1. The molecule has 1 aromatic carbocycles. The van der Waals surface area contributed by atoms with Crippen LogP contribution in [0.3, 0.4) is 0 Å². The van der Waals surface area contributed by atoms with Crippen molar-refractivity contribution in [3.63, 3.8) is 0 Å². The number of benzene rings is 1. The van der Waals surface area contributed by atoms with Crippen LogP contribution in [0.4, 0.5) is 0 Å². The maximum absolute atomic E-state index is 11.6. The monoisotopic (exact) mass is 291 g/mol. The Kier molecular flexibility index (Phi) is 6.46. The van der Waals surface area contributed by atoms with Gasteiger partial charge in [0, 0.05) is 12.4 Å². The van der Waals surface area contributed by atoms with E-state index >= 15 is 0 Å². The van der Waals surface area contributed by atoms with Gasteiger partial charge in [-0.05, 0) is 37.0 Å². The van der Waals surface area contributed by atoms with Crippen LogP contribution in [0.1, 0.15) is 18.4 Å². The molecule has 0 saturated carbocycles. The van der Waals surface area contributed by atoms with E-state index in [1.165, 1.54) is 0 Å². The number of phenols is 1. The van der Waals surface area contributed by atoms with Crippen LogP contribution >= 0.6 is 11.6 Å². The van der Waals surface area contributed by atoms with Crippen molar-refractivity contribution >= 4 is 21.6 Å². The lowest BCUT2D eigenvalue weighted by atomic mass is 10.1. The highest BCUT2D eigenvalue weighted by Crippen LogP contribution is 2.09. The second-order valence-electron chi connectivity index (χ2n) is 4.03. The fourth-order valence-corrected chi connectivity index (χ4v) is 2.80. The van der Waals surface area contributed by atoms with E-state index in [-0.39, 0.29) is 11.5 Å². The molecule has 0 amide bonds. The average molecular weight is 292 g/mol. The number of unbranched alkanes of at least 4 members (excludes halogenated alkanes) is 1. The van der Waals surface area contributed by atoms with Gasteiger partial charge in [-0.2, -0.15) is 0 Å². The molecule has 0 spiro atoms. The number of phenolic OH excluding ortho intramolecular Hbond substituents is 1. The predicted octanol–water partition coefficient (Wildman–Crippen LogP) is 1.87. The number of alkyl halides is 1. The molecule has 0 aliphatic heterocycles. The van der Waals surface area contributed by atoms with Crippen molar-refractivity contribution < 1.29 is 13.5 Å². The van der Waals surface area contributed by atoms with Crippen LogP contribution in [0.5, 0.6) is 5.75 Å². The molecule has 4 nitrogen and oxygen atoms in total. The molecule has 0 heterocycles. The Labute approximate surface area is 113 Å². The summed E-state index contributed by atoms with van der Waals surface area (Å²) in [6.45, 7) is 0.369.